The number of amides is 2. The van der Waals surface area contributed by atoms with Crippen LogP contribution >= 0.6 is 0 Å². The minimum atomic E-state index is -1.15. The van der Waals surface area contributed by atoms with Gasteiger partial charge in [0, 0.05) is 25.6 Å². The number of nitrogens with two attached hydrogens (primary N) is 1. The molecular weight excluding hydrogens is 508 g/mol. The first kappa shape index (κ1) is 34.9. The molecular formula is C31H50N4O5. The van der Waals surface area contributed by atoms with Crippen molar-refractivity contribution in [1.29, 1.82) is 0 Å². The molecule has 0 aliphatic heterocycles. The van der Waals surface area contributed by atoms with Crippen molar-refractivity contribution in [3.8, 4) is 0 Å². The zero-order chi connectivity index (χ0) is 29.6. The molecule has 2 N–H and O–H groups in total. The normalized spacial score (nSPS) is 12.1. The molecule has 9 heteroatoms. The summed E-state index contributed by atoms with van der Waals surface area (Å²) in [6.45, 7) is 4.04. The molecule has 2 amide bonds. The Bertz CT molecular complexity index is 917. The largest absolute Gasteiger partial charge is 0.451 e. The van der Waals surface area contributed by atoms with Crippen molar-refractivity contribution in [2.24, 2.45) is 15.9 Å². The fourth-order valence-corrected chi connectivity index (χ4v) is 4.47. The maximum atomic E-state index is 12.5. The molecule has 0 heterocycles. The van der Waals surface area contributed by atoms with Gasteiger partial charge in [0.2, 0.25) is 5.91 Å². The Balaban J connectivity index is 2.22. The van der Waals surface area contributed by atoms with Gasteiger partial charge < -0.3 is 15.4 Å². The van der Waals surface area contributed by atoms with Crippen LogP contribution in [-0.4, -0.2) is 54.6 Å². The van der Waals surface area contributed by atoms with Gasteiger partial charge >= 0.3 is 5.97 Å². The minimum Gasteiger partial charge on any atom is -0.451 e. The van der Waals surface area contributed by atoms with Crippen LogP contribution in [0.3, 0.4) is 0 Å². The summed E-state index contributed by atoms with van der Waals surface area (Å²) in [5, 5.41) is 2.82. The molecule has 0 aliphatic carbocycles. The third-order valence-electron chi connectivity index (χ3n) is 6.92. The molecule has 0 bridgehead atoms. The number of carbonyl (C=O) groups excluding carboxylic acids is 3. The van der Waals surface area contributed by atoms with E-state index in [1.165, 1.54) is 82.8 Å². The lowest BCUT2D eigenvalue weighted by molar-refractivity contribution is -0.153. The van der Waals surface area contributed by atoms with Gasteiger partial charge in [-0.15, -0.1) is 4.91 Å². The van der Waals surface area contributed by atoms with Crippen molar-refractivity contribution in [3.05, 3.63) is 34.7 Å². The third kappa shape index (κ3) is 16.8. The number of hydrogen-bond donors (Lipinski definition) is 1. The highest BCUT2D eigenvalue weighted by Gasteiger charge is 2.21. The summed E-state index contributed by atoms with van der Waals surface area (Å²) >= 11 is 0. The van der Waals surface area contributed by atoms with Crippen molar-refractivity contribution >= 4 is 29.2 Å². The Morgan fingerprint density at radius 3 is 1.90 bits per heavy atom. The lowest BCUT2D eigenvalue weighted by Gasteiger charge is -2.17. The molecule has 0 spiro atoms. The fraction of sp³-hybridized carbons (Fsp3) is 0.677. The Labute approximate surface area is 240 Å². The number of nitrogens with zero attached hydrogens (tertiary/aromatic N) is 3. The summed E-state index contributed by atoms with van der Waals surface area (Å²) in [7, 11) is 1.73. The van der Waals surface area contributed by atoms with Crippen LogP contribution < -0.4 is 5.73 Å². The van der Waals surface area contributed by atoms with Crippen LogP contribution in [0.2, 0.25) is 0 Å². The lowest BCUT2D eigenvalue weighted by Crippen LogP contribution is -2.36. The molecule has 0 radical (unpaired) electrons. The molecule has 0 aliphatic rings. The highest BCUT2D eigenvalue weighted by atomic mass is 16.5. The monoisotopic (exact) mass is 558 g/mol. The second-order valence-corrected chi connectivity index (χ2v) is 10.6. The number of esters is 1. The van der Waals surface area contributed by atoms with Crippen molar-refractivity contribution in [1.82, 2.24) is 4.90 Å². The number of aliphatic imine (C=N–C) groups is 1. The van der Waals surface area contributed by atoms with Crippen LogP contribution in [0.15, 0.2) is 34.4 Å². The lowest BCUT2D eigenvalue weighted by atomic mass is 10.0. The topological polar surface area (TPSA) is 131 Å². The summed E-state index contributed by atoms with van der Waals surface area (Å²) < 4.78 is 5.22. The molecule has 0 aromatic heterocycles. The van der Waals surface area contributed by atoms with Gasteiger partial charge in [-0.25, -0.2) is 0 Å². The molecule has 1 aromatic carbocycles. The van der Waals surface area contributed by atoms with Gasteiger partial charge in [0.05, 0.1) is 6.54 Å². The van der Waals surface area contributed by atoms with E-state index in [9.17, 15) is 19.3 Å². The van der Waals surface area contributed by atoms with Gasteiger partial charge in [-0.05, 0) is 36.2 Å². The van der Waals surface area contributed by atoms with Crippen LogP contribution in [0, 0.1) is 4.91 Å². The van der Waals surface area contributed by atoms with Gasteiger partial charge in [0.1, 0.15) is 12.2 Å². The smallest absolute Gasteiger partial charge is 0.328 e. The number of rotatable bonds is 23. The first-order valence-corrected chi connectivity index (χ1v) is 14.9. The third-order valence-corrected chi connectivity index (χ3v) is 6.92. The Morgan fingerprint density at radius 2 is 1.40 bits per heavy atom. The number of nitroso groups, excluding NO2 is 1. The fourth-order valence-electron chi connectivity index (χ4n) is 4.47. The Morgan fingerprint density at radius 1 is 0.875 bits per heavy atom. The molecule has 0 saturated carbocycles. The van der Waals surface area contributed by atoms with Crippen molar-refractivity contribution in [2.75, 3.05) is 20.1 Å². The van der Waals surface area contributed by atoms with E-state index in [0.29, 0.717) is 24.2 Å². The van der Waals surface area contributed by atoms with E-state index in [2.05, 4.69) is 17.1 Å². The summed E-state index contributed by atoms with van der Waals surface area (Å²) in [5.74, 6) is -1.40. The van der Waals surface area contributed by atoms with E-state index in [1.54, 1.807) is 31.0 Å². The maximum Gasteiger partial charge on any atom is 0.328 e. The molecule has 1 unspecified atom stereocenters. The van der Waals surface area contributed by atoms with Crippen LogP contribution in [0.1, 0.15) is 109 Å². The average molecular weight is 559 g/mol. The standard InChI is InChI=1S/C31H50N4O5/c1-4-5-6-7-8-9-10-11-12-13-14-15-16-17-29(36)35(3)24-25(2)33-23-30(37)40-28(31(32)38)22-26-18-20-27(34-39)21-19-26/h18-21,28H,4-17,22-24H2,1-3H3,(H2,32,38). The van der Waals surface area contributed by atoms with E-state index in [-0.39, 0.29) is 24.6 Å². The summed E-state index contributed by atoms with van der Waals surface area (Å²) in [6, 6.07) is 6.25. The van der Waals surface area contributed by atoms with Gasteiger partial charge in [-0.1, -0.05) is 96.1 Å². The number of hydrogen-bond acceptors (Lipinski definition) is 7. The van der Waals surface area contributed by atoms with Gasteiger partial charge in [-0.2, -0.15) is 0 Å². The SMILES string of the molecule is CCCCCCCCCCCCCCCC(=O)N(C)CC(C)=NCC(=O)OC(Cc1ccc(N=O)cc1)C(N)=O. The van der Waals surface area contributed by atoms with Crippen molar-refractivity contribution in [3.63, 3.8) is 0 Å². The molecule has 1 atom stereocenters. The summed E-state index contributed by atoms with van der Waals surface area (Å²) in [4.78, 5) is 52.8. The number of primary amides is 1. The summed E-state index contributed by atoms with van der Waals surface area (Å²) in [6.07, 6.45) is 15.9. The first-order chi connectivity index (χ1) is 19.3. The second-order valence-electron chi connectivity index (χ2n) is 10.6. The van der Waals surface area contributed by atoms with E-state index >= 15 is 0 Å². The van der Waals surface area contributed by atoms with E-state index in [4.69, 9.17) is 10.5 Å². The van der Waals surface area contributed by atoms with Gasteiger partial charge in [0.15, 0.2) is 6.10 Å². The number of benzene rings is 1. The average Bonchev–Trinajstić information content (AvgIpc) is 2.94. The zero-order valence-corrected chi connectivity index (χ0v) is 24.9. The van der Waals surface area contributed by atoms with E-state index in [0.717, 1.165) is 12.8 Å². The summed E-state index contributed by atoms with van der Waals surface area (Å²) in [5.41, 5.74) is 6.94. The maximum absolute atomic E-state index is 12.5. The highest BCUT2D eigenvalue weighted by Crippen LogP contribution is 2.15. The minimum absolute atomic E-state index is 0.0600. The number of ether oxygens (including phenoxy) is 1. The zero-order valence-electron chi connectivity index (χ0n) is 24.9. The van der Waals surface area contributed by atoms with Crippen molar-refractivity contribution in [2.45, 2.75) is 116 Å². The van der Waals surface area contributed by atoms with Gasteiger partial charge in [-0.3, -0.25) is 19.4 Å². The quantitative estimate of drug-likeness (QED) is 0.0716. The predicted molar refractivity (Wildman–Crippen MR) is 161 cm³/mol. The van der Waals surface area contributed by atoms with Crippen LogP contribution in [-0.2, 0) is 25.5 Å². The van der Waals surface area contributed by atoms with Crippen LogP contribution in [0.4, 0.5) is 5.69 Å². The van der Waals surface area contributed by atoms with Gasteiger partial charge in [0.25, 0.3) is 5.91 Å². The molecule has 0 saturated heterocycles. The molecule has 0 fully saturated rings. The number of unbranched alkanes of at least 4 members (excludes halogenated alkanes) is 12. The molecule has 40 heavy (non-hydrogen) atoms. The second kappa shape index (κ2) is 21.7. The Kier molecular flexibility index (Phi) is 18.9. The van der Waals surface area contributed by atoms with Crippen molar-refractivity contribution < 1.29 is 19.1 Å². The highest BCUT2D eigenvalue weighted by molar-refractivity contribution is 5.90. The predicted octanol–water partition coefficient (Wildman–Crippen LogP) is 6.42. The van der Waals surface area contributed by atoms with Crippen LogP contribution in [0.25, 0.3) is 0 Å². The molecule has 1 rings (SSSR count). The first-order valence-electron chi connectivity index (χ1n) is 14.9. The van der Waals surface area contributed by atoms with Crippen LogP contribution in [0.5, 0.6) is 0 Å². The van der Waals surface area contributed by atoms with E-state index < -0.39 is 18.0 Å². The Hall–Kier alpha value is -3.10. The molecule has 9 nitrogen and oxygen atoms in total. The molecule has 1 aromatic rings. The number of carbonyl (C=O) groups is 3. The molecule has 224 valence electrons. The van der Waals surface area contributed by atoms with E-state index in [1.807, 2.05) is 0 Å².